The third-order valence-corrected chi connectivity index (χ3v) is 6.37. The van der Waals surface area contributed by atoms with Gasteiger partial charge in [-0.3, -0.25) is 4.79 Å². The van der Waals surface area contributed by atoms with Crippen LogP contribution >= 0.6 is 0 Å². The number of hydrogen-bond donors (Lipinski definition) is 1. The maximum Gasteiger partial charge on any atom is 0.338 e. The topological polar surface area (TPSA) is 92.8 Å². The first-order valence-electron chi connectivity index (χ1n) is 9.25. The molecule has 0 aliphatic rings. The number of hydrogen-bond acceptors (Lipinski definition) is 5. The molecule has 0 heterocycles. The number of anilines is 1. The number of rotatable bonds is 8. The van der Waals surface area contributed by atoms with Gasteiger partial charge in [0.1, 0.15) is 0 Å². The second kappa shape index (κ2) is 9.67. The summed E-state index contributed by atoms with van der Waals surface area (Å²) >= 11 is 0. The number of sulfonamides is 1. The molecular formula is C21H26N2O5S. The fourth-order valence-electron chi connectivity index (χ4n) is 2.66. The van der Waals surface area contributed by atoms with Gasteiger partial charge in [-0.05, 0) is 42.2 Å². The van der Waals surface area contributed by atoms with E-state index in [1.165, 1.54) is 38.4 Å². The van der Waals surface area contributed by atoms with Gasteiger partial charge in [-0.1, -0.05) is 38.1 Å². The van der Waals surface area contributed by atoms with Crippen molar-refractivity contribution in [3.63, 3.8) is 0 Å². The first kappa shape index (κ1) is 22.6. The average molecular weight is 419 g/mol. The summed E-state index contributed by atoms with van der Waals surface area (Å²) in [5.74, 6) is -0.965. The highest BCUT2D eigenvalue weighted by atomic mass is 32.2. The molecule has 0 spiro atoms. The molecule has 2 rings (SSSR count). The van der Waals surface area contributed by atoms with Gasteiger partial charge in [0.15, 0.2) is 6.61 Å². The maximum atomic E-state index is 12.3. The van der Waals surface area contributed by atoms with Crippen LogP contribution in [0.3, 0.4) is 0 Å². The van der Waals surface area contributed by atoms with Gasteiger partial charge in [0.05, 0.1) is 10.5 Å². The summed E-state index contributed by atoms with van der Waals surface area (Å²) in [6, 6.07) is 13.0. The van der Waals surface area contributed by atoms with Gasteiger partial charge in [-0.15, -0.1) is 0 Å². The molecule has 0 radical (unpaired) electrons. The Morgan fingerprint density at radius 1 is 1.10 bits per heavy atom. The van der Waals surface area contributed by atoms with E-state index in [9.17, 15) is 18.0 Å². The highest BCUT2D eigenvalue weighted by molar-refractivity contribution is 7.89. The number of ether oxygens (including phenoxy) is 1. The summed E-state index contributed by atoms with van der Waals surface area (Å²) in [6.45, 7) is 3.66. The van der Waals surface area contributed by atoms with Crippen molar-refractivity contribution in [2.24, 2.45) is 0 Å². The molecule has 0 saturated heterocycles. The van der Waals surface area contributed by atoms with Crippen molar-refractivity contribution in [1.82, 2.24) is 4.31 Å². The maximum absolute atomic E-state index is 12.3. The Hall–Kier alpha value is -2.71. The van der Waals surface area contributed by atoms with E-state index in [0.717, 1.165) is 16.3 Å². The summed E-state index contributed by atoms with van der Waals surface area (Å²) in [4.78, 5) is 24.5. The van der Waals surface area contributed by atoms with Crippen molar-refractivity contribution in [1.29, 1.82) is 0 Å². The number of carbonyl (C=O) groups excluding carboxylic acids is 2. The lowest BCUT2D eigenvalue weighted by molar-refractivity contribution is -0.119. The molecule has 1 N–H and O–H groups in total. The zero-order valence-corrected chi connectivity index (χ0v) is 17.8. The van der Waals surface area contributed by atoms with E-state index in [2.05, 4.69) is 19.2 Å². The van der Waals surface area contributed by atoms with E-state index < -0.39 is 28.5 Å². The van der Waals surface area contributed by atoms with Gasteiger partial charge in [-0.25, -0.2) is 17.5 Å². The second-order valence-corrected chi connectivity index (χ2v) is 8.99. The SMILES string of the molecule is CC[C@H](C)c1ccccc1NC(=O)COC(=O)c1cccc(S(=O)(=O)N(C)C)c1. The highest BCUT2D eigenvalue weighted by Crippen LogP contribution is 2.26. The van der Waals surface area contributed by atoms with Crippen LogP contribution in [0.1, 0.15) is 42.1 Å². The Labute approximate surface area is 171 Å². The summed E-state index contributed by atoms with van der Waals surface area (Å²) in [6.07, 6.45) is 0.925. The van der Waals surface area contributed by atoms with Crippen molar-refractivity contribution in [3.05, 3.63) is 59.7 Å². The van der Waals surface area contributed by atoms with Crippen LogP contribution in [0.15, 0.2) is 53.4 Å². The molecule has 2 aromatic carbocycles. The van der Waals surface area contributed by atoms with Gasteiger partial charge in [-0.2, -0.15) is 0 Å². The van der Waals surface area contributed by atoms with Gasteiger partial charge < -0.3 is 10.1 Å². The molecule has 7 nitrogen and oxygen atoms in total. The van der Waals surface area contributed by atoms with Gasteiger partial charge in [0.2, 0.25) is 10.0 Å². The second-order valence-electron chi connectivity index (χ2n) is 6.84. The quantitative estimate of drug-likeness (QED) is 0.665. The molecule has 0 aliphatic heterocycles. The fraction of sp³-hybridized carbons (Fsp3) is 0.333. The zero-order chi connectivity index (χ0) is 21.6. The molecule has 0 saturated carbocycles. The average Bonchev–Trinajstić information content (AvgIpc) is 2.71. The van der Waals surface area contributed by atoms with Crippen LogP contribution in [0.4, 0.5) is 5.69 Å². The molecule has 0 aromatic heterocycles. The molecule has 0 fully saturated rings. The zero-order valence-electron chi connectivity index (χ0n) is 17.0. The minimum atomic E-state index is -3.67. The smallest absolute Gasteiger partial charge is 0.338 e. The lowest BCUT2D eigenvalue weighted by Crippen LogP contribution is -2.23. The molecule has 29 heavy (non-hydrogen) atoms. The van der Waals surface area contributed by atoms with Crippen LogP contribution in [0.25, 0.3) is 0 Å². The summed E-state index contributed by atoms with van der Waals surface area (Å²) < 4.78 is 30.5. The fourth-order valence-corrected chi connectivity index (χ4v) is 3.60. The van der Waals surface area contributed by atoms with Gasteiger partial charge in [0.25, 0.3) is 5.91 Å². The summed E-state index contributed by atoms with van der Waals surface area (Å²) in [5, 5.41) is 2.76. The van der Waals surface area contributed by atoms with E-state index in [-0.39, 0.29) is 16.4 Å². The van der Waals surface area contributed by atoms with E-state index in [1.54, 1.807) is 6.07 Å². The molecule has 156 valence electrons. The van der Waals surface area contributed by atoms with Gasteiger partial charge in [0, 0.05) is 19.8 Å². The molecular weight excluding hydrogens is 392 g/mol. The molecule has 1 atom stereocenters. The molecule has 2 aromatic rings. The molecule has 0 bridgehead atoms. The Morgan fingerprint density at radius 2 is 1.79 bits per heavy atom. The normalized spacial score (nSPS) is 12.4. The Balaban J connectivity index is 2.04. The molecule has 8 heteroatoms. The third-order valence-electron chi connectivity index (χ3n) is 4.56. The van der Waals surface area contributed by atoms with E-state index >= 15 is 0 Å². The third kappa shape index (κ3) is 5.65. The van der Waals surface area contributed by atoms with Crippen molar-refractivity contribution >= 4 is 27.6 Å². The number of carbonyl (C=O) groups is 2. The number of para-hydroxylation sites is 1. The van der Waals surface area contributed by atoms with Crippen molar-refractivity contribution < 1.29 is 22.7 Å². The molecule has 0 aliphatic carbocycles. The van der Waals surface area contributed by atoms with E-state index in [1.807, 2.05) is 18.2 Å². The van der Waals surface area contributed by atoms with Crippen molar-refractivity contribution in [3.8, 4) is 0 Å². The van der Waals surface area contributed by atoms with Crippen LogP contribution in [-0.2, 0) is 19.6 Å². The van der Waals surface area contributed by atoms with E-state index in [4.69, 9.17) is 4.74 Å². The highest BCUT2D eigenvalue weighted by Gasteiger charge is 2.20. The predicted octanol–water partition coefficient (Wildman–Crippen LogP) is 3.25. The van der Waals surface area contributed by atoms with Gasteiger partial charge >= 0.3 is 5.97 Å². The van der Waals surface area contributed by atoms with Crippen LogP contribution in [0.2, 0.25) is 0 Å². The minimum absolute atomic E-state index is 0.0242. The van der Waals surface area contributed by atoms with Crippen LogP contribution in [-0.4, -0.2) is 45.3 Å². The number of benzene rings is 2. The lowest BCUT2D eigenvalue weighted by atomic mass is 9.97. The largest absolute Gasteiger partial charge is 0.452 e. The predicted molar refractivity (Wildman–Crippen MR) is 111 cm³/mol. The van der Waals surface area contributed by atoms with Crippen LogP contribution in [0, 0.1) is 0 Å². The van der Waals surface area contributed by atoms with Crippen LogP contribution in [0.5, 0.6) is 0 Å². The first-order chi connectivity index (χ1) is 13.7. The Morgan fingerprint density at radius 3 is 2.45 bits per heavy atom. The lowest BCUT2D eigenvalue weighted by Gasteiger charge is -2.15. The molecule has 0 unspecified atom stereocenters. The summed E-state index contributed by atoms with van der Waals surface area (Å²) in [7, 11) is -0.865. The number of nitrogens with zero attached hydrogens (tertiary/aromatic N) is 1. The number of nitrogens with one attached hydrogen (secondary N) is 1. The van der Waals surface area contributed by atoms with Crippen LogP contribution < -0.4 is 5.32 Å². The Bertz CT molecular complexity index is 986. The standard InChI is InChI=1S/C21H26N2O5S/c1-5-15(2)18-11-6-7-12-19(18)22-20(24)14-28-21(25)16-9-8-10-17(13-16)29(26,27)23(3)4/h6-13,15H,5,14H2,1-4H3,(H,22,24)/t15-/m0/s1. The molecule has 1 amide bonds. The first-order valence-corrected chi connectivity index (χ1v) is 10.7. The monoisotopic (exact) mass is 418 g/mol. The Kier molecular flexibility index (Phi) is 7.53. The number of amides is 1. The number of esters is 1. The van der Waals surface area contributed by atoms with Crippen molar-refractivity contribution in [2.45, 2.75) is 31.1 Å². The van der Waals surface area contributed by atoms with Crippen molar-refractivity contribution in [2.75, 3.05) is 26.0 Å². The minimum Gasteiger partial charge on any atom is -0.452 e. The summed E-state index contributed by atoms with van der Waals surface area (Å²) in [5.41, 5.74) is 1.75. The van der Waals surface area contributed by atoms with E-state index in [0.29, 0.717) is 5.69 Å².